The molecule has 0 saturated carbocycles. The van der Waals surface area contributed by atoms with Crippen LogP contribution < -0.4 is 10.4 Å². The van der Waals surface area contributed by atoms with E-state index in [1.165, 1.54) is 25.3 Å². The Hall–Kier alpha value is -2.20. The van der Waals surface area contributed by atoms with Crippen molar-refractivity contribution < 1.29 is 9.18 Å². The molecule has 17 heavy (non-hydrogen) atoms. The predicted octanol–water partition coefficient (Wildman–Crippen LogP) is 1.22. The van der Waals surface area contributed by atoms with Crippen LogP contribution in [0, 0.1) is 0 Å². The van der Waals surface area contributed by atoms with Gasteiger partial charge in [0.2, 0.25) is 0 Å². The highest BCUT2D eigenvalue weighted by molar-refractivity contribution is 5.92. The number of pyridine rings is 1. The van der Waals surface area contributed by atoms with Gasteiger partial charge >= 0.3 is 0 Å². The molecule has 1 aliphatic carbocycles. The molecule has 1 atom stereocenters. The van der Waals surface area contributed by atoms with E-state index in [0.29, 0.717) is 5.22 Å². The number of azide groups is 1. The summed E-state index contributed by atoms with van der Waals surface area (Å²) >= 11 is 0. The van der Waals surface area contributed by atoms with E-state index in [0.717, 1.165) is 5.22 Å². The van der Waals surface area contributed by atoms with Crippen molar-refractivity contribution in [3.8, 4) is 0 Å². The van der Waals surface area contributed by atoms with Gasteiger partial charge in [0.25, 0.3) is 5.91 Å². The van der Waals surface area contributed by atoms with Crippen LogP contribution in [0.15, 0.2) is 17.4 Å². The maximum Gasteiger partial charge on any atom is 0.267 e. The molecule has 0 spiro atoms. The summed E-state index contributed by atoms with van der Waals surface area (Å²) in [7, 11) is 0. The molecule has 1 heterocycles. The average molecular weight is 232 g/mol. The minimum atomic E-state index is -1.42. The van der Waals surface area contributed by atoms with Crippen molar-refractivity contribution >= 4 is 18.1 Å². The third kappa shape index (κ3) is 2.32. The zero-order chi connectivity index (χ0) is 12.5. The monoisotopic (exact) mass is 232 g/mol. The van der Waals surface area contributed by atoms with Crippen molar-refractivity contribution in [3.63, 3.8) is 0 Å². The summed E-state index contributed by atoms with van der Waals surface area (Å²) in [5, 5.41) is 4.31. The number of carbonyl (C=O) groups is 1. The fraction of sp³-hybridized carbons (Fsp3) is 0.273. The van der Waals surface area contributed by atoms with Gasteiger partial charge in [-0.05, 0) is 40.1 Å². The standard InChI is InChI=1S/C11H9FN4O/c1-11(12)3-2-7-6-14-9(4-8(7)5-11)10(17)15-16-13/h2,4-6H,3H2,1H3. The molecule has 1 aromatic rings. The molecule has 0 bridgehead atoms. The molecular weight excluding hydrogens is 223 g/mol. The minimum absolute atomic E-state index is 0.0175. The fourth-order valence-corrected chi connectivity index (χ4v) is 1.68. The lowest BCUT2D eigenvalue weighted by Gasteiger charge is -2.16. The quantitative estimate of drug-likeness (QED) is 0.414. The molecule has 1 amide bonds. The summed E-state index contributed by atoms with van der Waals surface area (Å²) in [6.07, 6.45) is 4.92. The van der Waals surface area contributed by atoms with Crippen LogP contribution in [0.4, 0.5) is 4.39 Å². The van der Waals surface area contributed by atoms with E-state index in [2.05, 4.69) is 15.0 Å². The number of halogens is 1. The molecular formula is C11H9FN4O. The van der Waals surface area contributed by atoms with Crippen molar-refractivity contribution in [2.45, 2.75) is 19.0 Å². The average Bonchev–Trinajstić information content (AvgIpc) is 2.27. The maximum atomic E-state index is 13.8. The number of alkyl halides is 1. The van der Waals surface area contributed by atoms with Crippen LogP contribution in [0.1, 0.15) is 23.8 Å². The first-order valence-electron chi connectivity index (χ1n) is 4.99. The van der Waals surface area contributed by atoms with Crippen LogP contribution >= 0.6 is 0 Å². The van der Waals surface area contributed by atoms with Gasteiger partial charge in [0.15, 0.2) is 0 Å². The van der Waals surface area contributed by atoms with E-state index in [4.69, 9.17) is 5.53 Å². The molecule has 0 radical (unpaired) electrons. The summed E-state index contributed by atoms with van der Waals surface area (Å²) in [6, 6.07) is 1.43. The van der Waals surface area contributed by atoms with Crippen molar-refractivity contribution in [1.29, 1.82) is 0 Å². The van der Waals surface area contributed by atoms with Crippen LogP contribution in [0.25, 0.3) is 22.6 Å². The number of hydrogen-bond donors (Lipinski definition) is 0. The molecule has 1 unspecified atom stereocenters. The van der Waals surface area contributed by atoms with Crippen LogP contribution in [0.2, 0.25) is 0 Å². The van der Waals surface area contributed by atoms with Gasteiger partial charge in [-0.25, -0.2) is 4.39 Å². The van der Waals surface area contributed by atoms with E-state index in [-0.39, 0.29) is 12.1 Å². The molecule has 0 N–H and O–H groups in total. The second kappa shape index (κ2) is 3.99. The molecule has 0 aromatic carbocycles. The second-order valence-corrected chi connectivity index (χ2v) is 4.02. The molecule has 2 rings (SSSR count). The zero-order valence-corrected chi connectivity index (χ0v) is 9.09. The zero-order valence-electron chi connectivity index (χ0n) is 9.09. The Balaban J connectivity index is 2.59. The number of hydrogen-bond acceptors (Lipinski definition) is 2. The van der Waals surface area contributed by atoms with Gasteiger partial charge in [0, 0.05) is 17.5 Å². The number of fused-ring (bicyclic) bond motifs is 1. The van der Waals surface area contributed by atoms with Gasteiger partial charge in [-0.1, -0.05) is 6.08 Å². The molecule has 1 aliphatic rings. The first-order chi connectivity index (χ1) is 8.02. The highest BCUT2D eigenvalue weighted by atomic mass is 19.1. The van der Waals surface area contributed by atoms with Gasteiger partial charge in [0.05, 0.1) is 0 Å². The number of nitrogens with zero attached hydrogens (tertiary/aromatic N) is 4. The van der Waals surface area contributed by atoms with Crippen molar-refractivity contribution in [3.05, 3.63) is 38.8 Å². The van der Waals surface area contributed by atoms with E-state index in [9.17, 15) is 9.18 Å². The number of aromatic nitrogens is 1. The molecule has 1 aromatic heterocycles. The van der Waals surface area contributed by atoms with Crippen molar-refractivity contribution in [1.82, 2.24) is 4.98 Å². The van der Waals surface area contributed by atoms with Crippen molar-refractivity contribution in [2.24, 2.45) is 5.11 Å². The summed E-state index contributed by atoms with van der Waals surface area (Å²) in [4.78, 5) is 17.6. The predicted molar refractivity (Wildman–Crippen MR) is 60.0 cm³/mol. The smallest absolute Gasteiger partial charge is 0.267 e. The lowest BCUT2D eigenvalue weighted by atomic mass is 9.97. The third-order valence-corrected chi connectivity index (χ3v) is 2.50. The Bertz CT molecular complexity index is 644. The second-order valence-electron chi connectivity index (χ2n) is 4.02. The van der Waals surface area contributed by atoms with Gasteiger partial charge in [-0.3, -0.25) is 9.78 Å². The van der Waals surface area contributed by atoms with Gasteiger partial charge in [0.1, 0.15) is 11.4 Å². The lowest BCUT2D eigenvalue weighted by molar-refractivity contribution is 0.0995. The Morgan fingerprint density at radius 3 is 3.12 bits per heavy atom. The molecule has 0 aliphatic heterocycles. The highest BCUT2D eigenvalue weighted by Gasteiger charge is 2.20. The van der Waals surface area contributed by atoms with Crippen LogP contribution in [-0.2, 0) is 0 Å². The lowest BCUT2D eigenvalue weighted by Crippen LogP contribution is -2.35. The molecule has 86 valence electrons. The Morgan fingerprint density at radius 1 is 1.65 bits per heavy atom. The van der Waals surface area contributed by atoms with E-state index < -0.39 is 11.6 Å². The van der Waals surface area contributed by atoms with Crippen molar-refractivity contribution in [2.75, 3.05) is 0 Å². The summed E-state index contributed by atoms with van der Waals surface area (Å²) < 4.78 is 13.8. The maximum absolute atomic E-state index is 13.8. The van der Waals surface area contributed by atoms with Gasteiger partial charge in [-0.2, -0.15) is 0 Å². The van der Waals surface area contributed by atoms with E-state index >= 15 is 0 Å². The summed E-state index contributed by atoms with van der Waals surface area (Å²) in [6.45, 7) is 1.46. The third-order valence-electron chi connectivity index (χ3n) is 2.50. The van der Waals surface area contributed by atoms with Crippen LogP contribution in [-0.4, -0.2) is 16.6 Å². The van der Waals surface area contributed by atoms with E-state index in [1.807, 2.05) is 0 Å². The Morgan fingerprint density at radius 2 is 2.41 bits per heavy atom. The normalized spacial score (nSPS) is 21.5. The van der Waals surface area contributed by atoms with Gasteiger partial charge < -0.3 is 0 Å². The topological polar surface area (TPSA) is 78.7 Å². The van der Waals surface area contributed by atoms with Gasteiger partial charge in [-0.15, -0.1) is 0 Å². The Kier molecular flexibility index (Phi) is 2.65. The number of amides is 1. The molecule has 0 saturated heterocycles. The van der Waals surface area contributed by atoms with Crippen LogP contribution in [0.5, 0.6) is 0 Å². The Labute approximate surface area is 95.9 Å². The molecule has 5 nitrogen and oxygen atoms in total. The molecule has 6 heteroatoms. The van der Waals surface area contributed by atoms with E-state index in [1.54, 1.807) is 6.08 Å². The van der Waals surface area contributed by atoms with Crippen LogP contribution in [0.3, 0.4) is 0 Å². The number of carbonyl (C=O) groups excluding carboxylic acids is 1. The minimum Gasteiger partial charge on any atom is -0.285 e. The first-order valence-corrected chi connectivity index (χ1v) is 4.99. The molecule has 0 fully saturated rings. The number of rotatable bonds is 1. The first kappa shape index (κ1) is 11.3. The SMILES string of the molecule is CC1(F)C=c2cc(C(=O)N=[N+]=[N-])ncc2=CC1. The highest BCUT2D eigenvalue weighted by Crippen LogP contribution is 2.18. The summed E-state index contributed by atoms with van der Waals surface area (Å²) in [5.74, 6) is -0.769. The summed E-state index contributed by atoms with van der Waals surface area (Å²) in [5.41, 5.74) is 6.75. The largest absolute Gasteiger partial charge is 0.285 e. The fourth-order valence-electron chi connectivity index (χ4n) is 1.68.